The molecule has 0 bridgehead atoms. The summed E-state index contributed by atoms with van der Waals surface area (Å²) in [5.41, 5.74) is -0.940. The van der Waals surface area contributed by atoms with E-state index >= 15 is 0 Å². The summed E-state index contributed by atoms with van der Waals surface area (Å²) < 4.78 is 26.5. The van der Waals surface area contributed by atoms with Crippen LogP contribution in [-0.2, 0) is 0 Å². The summed E-state index contributed by atoms with van der Waals surface area (Å²) in [4.78, 5) is 0. The summed E-state index contributed by atoms with van der Waals surface area (Å²) in [5.74, 6) is -1.14. The molecular weight excluding hydrogens is 236 g/mol. The summed E-state index contributed by atoms with van der Waals surface area (Å²) in [6.07, 6.45) is 0.727. The van der Waals surface area contributed by atoms with E-state index in [-0.39, 0.29) is 5.56 Å². The summed E-state index contributed by atoms with van der Waals surface area (Å²) in [6.45, 7) is 2.01. The molecule has 1 aliphatic rings. The molecular formula is C14H15F2NO. The number of nitriles is 1. The number of aliphatic hydroxyl groups is 1. The smallest absolute Gasteiger partial charge is 0.131 e. The molecule has 96 valence electrons. The molecule has 0 saturated heterocycles. The first kappa shape index (κ1) is 13.0. The largest absolute Gasteiger partial charge is 0.387 e. The molecule has 0 aromatic heterocycles. The first-order valence-electron chi connectivity index (χ1n) is 6.03. The van der Waals surface area contributed by atoms with Crippen LogP contribution in [-0.4, -0.2) is 5.11 Å². The van der Waals surface area contributed by atoms with Gasteiger partial charge in [0.05, 0.1) is 11.5 Å². The van der Waals surface area contributed by atoms with Crippen molar-refractivity contribution in [3.8, 4) is 6.07 Å². The van der Waals surface area contributed by atoms with Crippen LogP contribution in [0.5, 0.6) is 0 Å². The van der Waals surface area contributed by atoms with Crippen molar-refractivity contribution >= 4 is 0 Å². The van der Waals surface area contributed by atoms with Gasteiger partial charge in [0.2, 0.25) is 0 Å². The lowest BCUT2D eigenvalue weighted by Crippen LogP contribution is -2.25. The van der Waals surface area contributed by atoms with Crippen molar-refractivity contribution < 1.29 is 13.9 Å². The van der Waals surface area contributed by atoms with Gasteiger partial charge in [-0.3, -0.25) is 0 Å². The number of rotatable bonds is 2. The van der Waals surface area contributed by atoms with E-state index < -0.39 is 23.2 Å². The minimum absolute atomic E-state index is 0.00653. The first-order valence-corrected chi connectivity index (χ1v) is 6.03. The molecule has 0 amide bonds. The molecule has 1 aliphatic carbocycles. The molecule has 18 heavy (non-hydrogen) atoms. The van der Waals surface area contributed by atoms with E-state index in [2.05, 4.69) is 6.07 Å². The molecule has 3 atom stereocenters. The Bertz CT molecular complexity index is 497. The second kappa shape index (κ2) is 4.66. The highest BCUT2D eigenvalue weighted by Crippen LogP contribution is 2.49. The van der Waals surface area contributed by atoms with Gasteiger partial charge in [0.1, 0.15) is 17.7 Å². The van der Waals surface area contributed by atoms with Gasteiger partial charge in [0.25, 0.3) is 0 Å². The van der Waals surface area contributed by atoms with E-state index in [1.165, 1.54) is 6.07 Å². The van der Waals surface area contributed by atoms with Crippen LogP contribution in [0.25, 0.3) is 0 Å². The standard InChI is InChI=1S/C14H15F2NO/c1-9-4-5-14(7-9,8-17)13(18)11-3-2-10(15)6-12(11)16/h2-3,6,9,13,18H,4-5,7H2,1H3. The van der Waals surface area contributed by atoms with Crippen molar-refractivity contribution in [2.45, 2.75) is 32.3 Å². The molecule has 1 fully saturated rings. The average molecular weight is 251 g/mol. The second-order valence-corrected chi connectivity index (χ2v) is 5.18. The number of aliphatic hydroxyl groups excluding tert-OH is 1. The number of hydrogen-bond donors (Lipinski definition) is 1. The normalized spacial score (nSPS) is 28.9. The number of hydrogen-bond acceptors (Lipinski definition) is 2. The minimum Gasteiger partial charge on any atom is -0.387 e. The highest BCUT2D eigenvalue weighted by molar-refractivity contribution is 5.26. The zero-order valence-electron chi connectivity index (χ0n) is 10.2. The van der Waals surface area contributed by atoms with Crippen LogP contribution in [0.4, 0.5) is 8.78 Å². The highest BCUT2D eigenvalue weighted by atomic mass is 19.1. The summed E-state index contributed by atoms with van der Waals surface area (Å²) in [6, 6.07) is 5.20. The summed E-state index contributed by atoms with van der Waals surface area (Å²) in [7, 11) is 0. The Morgan fingerprint density at radius 2 is 2.22 bits per heavy atom. The quantitative estimate of drug-likeness (QED) is 0.876. The van der Waals surface area contributed by atoms with E-state index in [9.17, 15) is 19.1 Å². The fraction of sp³-hybridized carbons (Fsp3) is 0.500. The number of benzene rings is 1. The van der Waals surface area contributed by atoms with E-state index in [1.54, 1.807) is 0 Å². The molecule has 0 aliphatic heterocycles. The SMILES string of the molecule is CC1CCC(C#N)(C(O)c2ccc(F)cc2F)C1. The van der Waals surface area contributed by atoms with Gasteiger partial charge in [0.15, 0.2) is 0 Å². The fourth-order valence-corrected chi connectivity index (χ4v) is 2.76. The monoisotopic (exact) mass is 251 g/mol. The first-order chi connectivity index (χ1) is 8.48. The zero-order valence-corrected chi connectivity index (χ0v) is 10.2. The topological polar surface area (TPSA) is 44.0 Å². The second-order valence-electron chi connectivity index (χ2n) is 5.18. The molecule has 3 unspecified atom stereocenters. The average Bonchev–Trinajstić information content (AvgIpc) is 2.71. The molecule has 1 aromatic carbocycles. The van der Waals surface area contributed by atoms with Crippen LogP contribution in [0, 0.1) is 34.3 Å². The van der Waals surface area contributed by atoms with Gasteiger partial charge in [-0.1, -0.05) is 13.0 Å². The molecule has 4 heteroatoms. The van der Waals surface area contributed by atoms with Crippen molar-refractivity contribution in [1.82, 2.24) is 0 Å². The summed E-state index contributed by atoms with van der Waals surface area (Å²) >= 11 is 0. The highest BCUT2D eigenvalue weighted by Gasteiger charge is 2.45. The summed E-state index contributed by atoms with van der Waals surface area (Å²) in [5, 5.41) is 19.6. The van der Waals surface area contributed by atoms with Crippen LogP contribution in [0.15, 0.2) is 18.2 Å². The van der Waals surface area contributed by atoms with Gasteiger partial charge in [-0.05, 0) is 31.2 Å². The molecule has 0 radical (unpaired) electrons. The molecule has 0 spiro atoms. The lowest BCUT2D eigenvalue weighted by atomic mass is 9.78. The van der Waals surface area contributed by atoms with Crippen LogP contribution < -0.4 is 0 Å². The molecule has 2 nitrogen and oxygen atoms in total. The molecule has 0 heterocycles. The maximum atomic E-state index is 13.6. The van der Waals surface area contributed by atoms with Crippen LogP contribution in [0.1, 0.15) is 37.9 Å². The van der Waals surface area contributed by atoms with Crippen LogP contribution in [0.3, 0.4) is 0 Å². The van der Waals surface area contributed by atoms with Gasteiger partial charge in [-0.15, -0.1) is 0 Å². The third-order valence-electron chi connectivity index (χ3n) is 3.80. The number of nitrogens with zero attached hydrogens (tertiary/aromatic N) is 1. The lowest BCUT2D eigenvalue weighted by Gasteiger charge is -2.27. The van der Waals surface area contributed by atoms with Gasteiger partial charge in [-0.2, -0.15) is 5.26 Å². The van der Waals surface area contributed by atoms with Crippen LogP contribution in [0.2, 0.25) is 0 Å². The van der Waals surface area contributed by atoms with E-state index in [0.717, 1.165) is 18.6 Å². The Balaban J connectivity index is 2.36. The van der Waals surface area contributed by atoms with Crippen molar-refractivity contribution in [2.75, 3.05) is 0 Å². The Hall–Kier alpha value is -1.47. The minimum atomic E-state index is -1.20. The maximum Gasteiger partial charge on any atom is 0.131 e. The van der Waals surface area contributed by atoms with Gasteiger partial charge in [0, 0.05) is 11.6 Å². The van der Waals surface area contributed by atoms with E-state index in [0.29, 0.717) is 18.8 Å². The van der Waals surface area contributed by atoms with Crippen molar-refractivity contribution in [1.29, 1.82) is 5.26 Å². The van der Waals surface area contributed by atoms with Crippen LogP contribution >= 0.6 is 0 Å². The van der Waals surface area contributed by atoms with Crippen molar-refractivity contribution in [3.63, 3.8) is 0 Å². The third kappa shape index (κ3) is 2.11. The van der Waals surface area contributed by atoms with Gasteiger partial charge < -0.3 is 5.11 Å². The van der Waals surface area contributed by atoms with Crippen molar-refractivity contribution in [3.05, 3.63) is 35.4 Å². The molecule has 1 N–H and O–H groups in total. The Labute approximate surface area is 105 Å². The maximum absolute atomic E-state index is 13.6. The third-order valence-corrected chi connectivity index (χ3v) is 3.80. The van der Waals surface area contributed by atoms with E-state index in [1.807, 2.05) is 6.92 Å². The predicted octanol–water partition coefficient (Wildman–Crippen LogP) is 3.33. The Morgan fingerprint density at radius 1 is 1.50 bits per heavy atom. The van der Waals surface area contributed by atoms with E-state index in [4.69, 9.17) is 0 Å². The molecule has 2 rings (SSSR count). The molecule has 1 aromatic rings. The fourth-order valence-electron chi connectivity index (χ4n) is 2.76. The molecule has 1 saturated carbocycles. The Morgan fingerprint density at radius 3 is 2.72 bits per heavy atom. The lowest BCUT2D eigenvalue weighted by molar-refractivity contribution is 0.0614. The van der Waals surface area contributed by atoms with Gasteiger partial charge in [-0.25, -0.2) is 8.78 Å². The van der Waals surface area contributed by atoms with Gasteiger partial charge >= 0.3 is 0 Å². The predicted molar refractivity (Wildman–Crippen MR) is 62.4 cm³/mol. The Kier molecular flexibility index (Phi) is 3.36. The number of halogens is 2. The zero-order chi connectivity index (χ0) is 13.3. The van der Waals surface area contributed by atoms with Crippen molar-refractivity contribution in [2.24, 2.45) is 11.3 Å².